The summed E-state index contributed by atoms with van der Waals surface area (Å²) in [5.41, 5.74) is 3.61. The van der Waals surface area contributed by atoms with Gasteiger partial charge >= 0.3 is 0 Å². The number of nitrogens with one attached hydrogen (secondary N) is 1. The Bertz CT molecular complexity index is 1110. The van der Waals surface area contributed by atoms with E-state index in [9.17, 15) is 9.59 Å². The van der Waals surface area contributed by atoms with Crippen LogP contribution >= 0.6 is 0 Å². The van der Waals surface area contributed by atoms with Crippen molar-refractivity contribution in [2.75, 3.05) is 13.1 Å². The van der Waals surface area contributed by atoms with E-state index in [-0.39, 0.29) is 17.0 Å². The Hall–Kier alpha value is -3.22. The number of benzene rings is 1. The number of pyridine rings is 1. The highest BCUT2D eigenvalue weighted by molar-refractivity contribution is 5.95. The number of aromatic nitrogens is 4. The summed E-state index contributed by atoms with van der Waals surface area (Å²) in [4.78, 5) is 30.2. The molecule has 0 saturated heterocycles. The van der Waals surface area contributed by atoms with Crippen LogP contribution in [0.5, 0.6) is 0 Å². The second kappa shape index (κ2) is 7.66. The molecule has 7 heteroatoms. The Morgan fingerprint density at radius 2 is 1.79 bits per heavy atom. The van der Waals surface area contributed by atoms with Gasteiger partial charge in [0.15, 0.2) is 0 Å². The van der Waals surface area contributed by atoms with Gasteiger partial charge in [0.25, 0.3) is 11.5 Å². The molecule has 7 nitrogen and oxygen atoms in total. The lowest BCUT2D eigenvalue weighted by Gasteiger charge is -2.21. The number of rotatable bonds is 3. The van der Waals surface area contributed by atoms with E-state index in [4.69, 9.17) is 0 Å². The molecular weight excluding hydrogens is 366 g/mol. The van der Waals surface area contributed by atoms with E-state index in [0.29, 0.717) is 32.5 Å². The molecule has 2 aromatic heterocycles. The normalized spacial score (nSPS) is 13.8. The van der Waals surface area contributed by atoms with Crippen molar-refractivity contribution in [2.45, 2.75) is 40.2 Å². The zero-order valence-corrected chi connectivity index (χ0v) is 17.0. The number of H-pyrrole nitrogens is 1. The van der Waals surface area contributed by atoms with Gasteiger partial charge in [0.05, 0.1) is 0 Å². The number of aryl methyl sites for hydroxylation is 1. The van der Waals surface area contributed by atoms with Crippen molar-refractivity contribution in [1.82, 2.24) is 24.6 Å². The largest absolute Gasteiger partial charge is 0.336 e. The second-order valence-corrected chi connectivity index (χ2v) is 7.59. The topological polar surface area (TPSA) is 83.9 Å². The minimum absolute atomic E-state index is 0.213. The van der Waals surface area contributed by atoms with Gasteiger partial charge < -0.3 is 14.5 Å². The molecule has 0 unspecified atom stereocenters. The molecule has 29 heavy (non-hydrogen) atoms. The van der Waals surface area contributed by atoms with Crippen molar-refractivity contribution < 1.29 is 4.79 Å². The average Bonchev–Trinajstić information content (AvgIpc) is 2.95. The number of carbonyl (C=O) groups excluding carboxylic acids is 1. The minimum Gasteiger partial charge on any atom is -0.336 e. The third-order valence-electron chi connectivity index (χ3n) is 5.84. The van der Waals surface area contributed by atoms with E-state index in [1.165, 1.54) is 5.56 Å². The van der Waals surface area contributed by atoms with E-state index in [1.54, 1.807) is 4.90 Å². The maximum atomic E-state index is 13.2. The highest BCUT2D eigenvalue weighted by atomic mass is 16.2. The summed E-state index contributed by atoms with van der Waals surface area (Å²) in [7, 11) is 0. The number of aromatic amines is 1. The molecule has 0 bridgehead atoms. The maximum absolute atomic E-state index is 13.2. The minimum atomic E-state index is -0.316. The number of hydrogen-bond donors (Lipinski definition) is 1. The Morgan fingerprint density at radius 1 is 1.03 bits per heavy atom. The van der Waals surface area contributed by atoms with Gasteiger partial charge in [0.2, 0.25) is 0 Å². The SMILES string of the molecule is Cc1[nH]c(=O)c(C(=O)N2CCc3nnc(Cc4ccccc4)n3CC2)c(C)c1C. The predicted molar refractivity (Wildman–Crippen MR) is 110 cm³/mol. The first-order valence-corrected chi connectivity index (χ1v) is 9.90. The van der Waals surface area contributed by atoms with Crippen LogP contribution in [-0.4, -0.2) is 43.6 Å². The van der Waals surface area contributed by atoms with E-state index in [1.807, 2.05) is 39.0 Å². The van der Waals surface area contributed by atoms with Crippen LogP contribution in [-0.2, 0) is 19.4 Å². The van der Waals surface area contributed by atoms with Gasteiger partial charge in [-0.25, -0.2) is 0 Å². The Morgan fingerprint density at radius 3 is 2.55 bits per heavy atom. The van der Waals surface area contributed by atoms with Gasteiger partial charge in [-0.2, -0.15) is 0 Å². The van der Waals surface area contributed by atoms with Gasteiger partial charge in [-0.15, -0.1) is 10.2 Å². The quantitative estimate of drug-likeness (QED) is 0.742. The van der Waals surface area contributed by atoms with Crippen LogP contribution in [0, 0.1) is 20.8 Å². The first-order valence-electron chi connectivity index (χ1n) is 9.90. The summed E-state index contributed by atoms with van der Waals surface area (Å²) in [6.45, 7) is 7.29. The van der Waals surface area contributed by atoms with Crippen molar-refractivity contribution in [3.8, 4) is 0 Å². The standard InChI is InChI=1S/C22H25N5O2/c1-14-15(2)20(21(28)23-16(14)3)22(29)26-10-9-18-24-25-19(27(18)12-11-26)13-17-7-5-4-6-8-17/h4-8H,9-13H2,1-3H3,(H,23,28). The molecule has 3 aromatic rings. The van der Waals surface area contributed by atoms with Crippen LogP contribution in [0.15, 0.2) is 35.1 Å². The van der Waals surface area contributed by atoms with E-state index >= 15 is 0 Å². The average molecular weight is 391 g/mol. The summed E-state index contributed by atoms with van der Waals surface area (Å²) in [6, 6.07) is 10.2. The third kappa shape index (κ3) is 3.60. The fourth-order valence-corrected chi connectivity index (χ4v) is 3.88. The fraction of sp³-hybridized carbons (Fsp3) is 0.364. The number of carbonyl (C=O) groups is 1. The lowest BCUT2D eigenvalue weighted by Crippen LogP contribution is -2.38. The van der Waals surface area contributed by atoms with Gasteiger partial charge in [0, 0.05) is 38.2 Å². The van der Waals surface area contributed by atoms with Crippen LogP contribution in [0.4, 0.5) is 0 Å². The maximum Gasteiger partial charge on any atom is 0.261 e. The predicted octanol–water partition coefficient (Wildman–Crippen LogP) is 2.18. The molecule has 0 spiro atoms. The second-order valence-electron chi connectivity index (χ2n) is 7.59. The summed E-state index contributed by atoms with van der Waals surface area (Å²) >= 11 is 0. The molecule has 1 aliphatic rings. The highest BCUT2D eigenvalue weighted by Gasteiger charge is 2.26. The summed E-state index contributed by atoms with van der Waals surface area (Å²) in [5.74, 6) is 1.58. The van der Waals surface area contributed by atoms with Crippen molar-refractivity contribution in [3.63, 3.8) is 0 Å². The Labute approximate surface area is 169 Å². The summed E-state index contributed by atoms with van der Waals surface area (Å²) < 4.78 is 2.11. The molecule has 0 saturated carbocycles. The molecule has 3 heterocycles. The van der Waals surface area contributed by atoms with E-state index < -0.39 is 0 Å². The van der Waals surface area contributed by atoms with Crippen molar-refractivity contribution in [2.24, 2.45) is 0 Å². The first-order chi connectivity index (χ1) is 14.0. The molecule has 4 rings (SSSR count). The number of hydrogen-bond acceptors (Lipinski definition) is 4. The molecule has 0 aliphatic carbocycles. The Balaban J connectivity index is 1.56. The van der Waals surface area contributed by atoms with Crippen molar-refractivity contribution in [1.29, 1.82) is 0 Å². The molecule has 0 radical (unpaired) electrons. The van der Waals surface area contributed by atoms with Gasteiger partial charge in [-0.1, -0.05) is 30.3 Å². The summed E-state index contributed by atoms with van der Waals surface area (Å²) in [6.07, 6.45) is 1.33. The lowest BCUT2D eigenvalue weighted by atomic mass is 10.0. The van der Waals surface area contributed by atoms with Crippen LogP contribution in [0.3, 0.4) is 0 Å². The fourth-order valence-electron chi connectivity index (χ4n) is 3.88. The molecular formula is C22H25N5O2. The number of nitrogens with zero attached hydrogens (tertiary/aromatic N) is 4. The molecule has 1 aromatic carbocycles. The lowest BCUT2D eigenvalue weighted by molar-refractivity contribution is 0.0756. The van der Waals surface area contributed by atoms with Gasteiger partial charge in [0.1, 0.15) is 17.2 Å². The van der Waals surface area contributed by atoms with Crippen molar-refractivity contribution >= 4 is 5.91 Å². The van der Waals surface area contributed by atoms with E-state index in [0.717, 1.165) is 28.5 Å². The van der Waals surface area contributed by atoms with Gasteiger partial charge in [-0.3, -0.25) is 9.59 Å². The first kappa shape index (κ1) is 19.1. The van der Waals surface area contributed by atoms with Crippen molar-refractivity contribution in [3.05, 3.63) is 80.3 Å². The van der Waals surface area contributed by atoms with E-state index in [2.05, 4.69) is 31.9 Å². The highest BCUT2D eigenvalue weighted by Crippen LogP contribution is 2.17. The molecule has 0 atom stereocenters. The van der Waals surface area contributed by atoms with Crippen LogP contribution < -0.4 is 5.56 Å². The summed E-state index contributed by atoms with van der Waals surface area (Å²) in [5, 5.41) is 8.71. The number of amides is 1. The molecule has 0 fully saturated rings. The third-order valence-corrected chi connectivity index (χ3v) is 5.84. The number of fused-ring (bicyclic) bond motifs is 1. The zero-order valence-electron chi connectivity index (χ0n) is 17.0. The zero-order chi connectivity index (χ0) is 20.5. The monoisotopic (exact) mass is 391 g/mol. The molecule has 1 N–H and O–H groups in total. The Kier molecular flexibility index (Phi) is 5.05. The smallest absolute Gasteiger partial charge is 0.261 e. The van der Waals surface area contributed by atoms with Crippen LogP contribution in [0.25, 0.3) is 0 Å². The van der Waals surface area contributed by atoms with Gasteiger partial charge in [-0.05, 0) is 37.5 Å². The van der Waals surface area contributed by atoms with Crippen LogP contribution in [0.2, 0.25) is 0 Å². The molecule has 150 valence electrons. The van der Waals surface area contributed by atoms with Crippen LogP contribution in [0.1, 0.15) is 44.4 Å². The molecule has 1 aliphatic heterocycles. The molecule has 1 amide bonds.